The van der Waals surface area contributed by atoms with Crippen LogP contribution < -0.4 is 10.6 Å². The summed E-state index contributed by atoms with van der Waals surface area (Å²) in [7, 11) is 0. The second-order valence-electron chi connectivity index (χ2n) is 8.41. The minimum absolute atomic E-state index is 0.263. The van der Waals surface area contributed by atoms with Crippen LogP contribution >= 0.6 is 0 Å². The van der Waals surface area contributed by atoms with Crippen LogP contribution in [-0.4, -0.2) is 29.7 Å². The van der Waals surface area contributed by atoms with Crippen molar-refractivity contribution in [3.63, 3.8) is 0 Å². The molecule has 0 aliphatic carbocycles. The zero-order chi connectivity index (χ0) is 23.2. The Bertz CT molecular complexity index is 945. The number of hydrogen-bond acceptors (Lipinski definition) is 5. The van der Waals surface area contributed by atoms with E-state index in [1.54, 1.807) is 45.0 Å². The van der Waals surface area contributed by atoms with Crippen LogP contribution in [-0.2, 0) is 20.8 Å². The number of esters is 1. The van der Waals surface area contributed by atoms with Crippen molar-refractivity contribution in [3.05, 3.63) is 64.7 Å². The number of anilines is 1. The monoisotopic (exact) mass is 426 g/mol. The average Bonchev–Trinajstić information content (AvgIpc) is 2.67. The Labute approximate surface area is 183 Å². The van der Waals surface area contributed by atoms with E-state index in [0.717, 1.165) is 16.7 Å². The molecule has 0 radical (unpaired) electrons. The molecule has 2 N–H and O–H groups in total. The Morgan fingerprint density at radius 2 is 1.65 bits per heavy atom. The largest absolute Gasteiger partial charge is 0.449 e. The fraction of sp³-hybridized carbons (Fsp3) is 0.375. The van der Waals surface area contributed by atoms with Gasteiger partial charge in [0.2, 0.25) is 0 Å². The predicted octanol–water partition coefficient (Wildman–Crippen LogP) is 4.51. The van der Waals surface area contributed by atoms with Gasteiger partial charge in [-0.25, -0.2) is 9.59 Å². The van der Waals surface area contributed by atoms with Gasteiger partial charge < -0.3 is 20.1 Å². The third-order valence-corrected chi connectivity index (χ3v) is 4.32. The number of carbonyl (C=O) groups excluding carboxylic acids is 3. The summed E-state index contributed by atoms with van der Waals surface area (Å²) in [6, 6.07) is 12.3. The molecule has 0 heterocycles. The summed E-state index contributed by atoms with van der Waals surface area (Å²) in [5.74, 6) is -1.01. The maximum atomic E-state index is 12.4. The zero-order valence-electron chi connectivity index (χ0n) is 18.9. The van der Waals surface area contributed by atoms with Crippen LogP contribution in [0.25, 0.3) is 0 Å². The van der Waals surface area contributed by atoms with E-state index in [-0.39, 0.29) is 6.54 Å². The van der Waals surface area contributed by atoms with E-state index in [2.05, 4.69) is 10.6 Å². The van der Waals surface area contributed by atoms with Crippen LogP contribution in [0, 0.1) is 13.8 Å². The fourth-order valence-electron chi connectivity index (χ4n) is 2.72. The van der Waals surface area contributed by atoms with Gasteiger partial charge >= 0.3 is 12.1 Å². The summed E-state index contributed by atoms with van der Waals surface area (Å²) < 4.78 is 10.5. The number of alkyl carbamates (subject to hydrolysis) is 1. The van der Waals surface area contributed by atoms with E-state index >= 15 is 0 Å². The summed E-state index contributed by atoms with van der Waals surface area (Å²) in [6.45, 7) is 11.0. The number of aryl methyl sites for hydroxylation is 2. The molecule has 0 saturated heterocycles. The highest BCUT2D eigenvalue weighted by Gasteiger charge is 2.20. The predicted molar refractivity (Wildman–Crippen MR) is 119 cm³/mol. The van der Waals surface area contributed by atoms with Crippen molar-refractivity contribution in [2.24, 2.45) is 0 Å². The quantitative estimate of drug-likeness (QED) is 0.663. The lowest BCUT2D eigenvalue weighted by atomic mass is 10.1. The van der Waals surface area contributed by atoms with Gasteiger partial charge in [-0.3, -0.25) is 4.79 Å². The van der Waals surface area contributed by atoms with E-state index in [9.17, 15) is 14.4 Å². The molecule has 0 aliphatic heterocycles. The summed E-state index contributed by atoms with van der Waals surface area (Å²) in [4.78, 5) is 36.5. The standard InChI is InChI=1S/C24H30N2O5/c1-15-7-12-20(16(2)13-15)26-21(27)17(3)30-22(28)19-10-8-18(9-11-19)14-25-23(29)31-24(4,5)6/h7-13,17H,14H2,1-6H3,(H,25,29)(H,26,27). The molecule has 31 heavy (non-hydrogen) atoms. The highest BCUT2D eigenvalue weighted by atomic mass is 16.6. The van der Waals surface area contributed by atoms with Crippen molar-refractivity contribution in [3.8, 4) is 0 Å². The van der Waals surface area contributed by atoms with Gasteiger partial charge in [-0.1, -0.05) is 29.8 Å². The Hall–Kier alpha value is -3.35. The lowest BCUT2D eigenvalue weighted by molar-refractivity contribution is -0.123. The summed E-state index contributed by atoms with van der Waals surface area (Å²) >= 11 is 0. The molecular weight excluding hydrogens is 396 g/mol. The van der Waals surface area contributed by atoms with Gasteiger partial charge in [-0.2, -0.15) is 0 Å². The van der Waals surface area contributed by atoms with E-state index in [4.69, 9.17) is 9.47 Å². The molecule has 0 spiro atoms. The summed E-state index contributed by atoms with van der Waals surface area (Å²) in [5.41, 5.74) is 3.25. The molecule has 2 aromatic rings. The molecule has 166 valence electrons. The van der Waals surface area contributed by atoms with E-state index in [1.165, 1.54) is 6.92 Å². The van der Waals surface area contributed by atoms with Gasteiger partial charge in [-0.15, -0.1) is 0 Å². The number of benzene rings is 2. The zero-order valence-corrected chi connectivity index (χ0v) is 18.9. The second-order valence-corrected chi connectivity index (χ2v) is 8.41. The number of rotatable bonds is 6. The van der Waals surface area contributed by atoms with Gasteiger partial charge in [0.25, 0.3) is 5.91 Å². The lowest BCUT2D eigenvalue weighted by Gasteiger charge is -2.19. The lowest BCUT2D eigenvalue weighted by Crippen LogP contribution is -2.32. The summed E-state index contributed by atoms with van der Waals surface area (Å²) in [5, 5.41) is 5.43. The van der Waals surface area contributed by atoms with Crippen LogP contribution in [0.15, 0.2) is 42.5 Å². The van der Waals surface area contributed by atoms with Crippen LogP contribution in [0.3, 0.4) is 0 Å². The molecule has 1 unspecified atom stereocenters. The third kappa shape index (κ3) is 7.77. The first-order chi connectivity index (χ1) is 14.4. The maximum absolute atomic E-state index is 12.4. The van der Waals surface area contributed by atoms with Gasteiger partial charge in [0.05, 0.1) is 5.56 Å². The third-order valence-electron chi connectivity index (χ3n) is 4.32. The van der Waals surface area contributed by atoms with Gasteiger partial charge in [0.15, 0.2) is 6.10 Å². The molecule has 0 bridgehead atoms. The molecule has 7 heteroatoms. The molecule has 2 aromatic carbocycles. The Balaban J connectivity index is 1.88. The van der Waals surface area contributed by atoms with Crippen LogP contribution in [0.2, 0.25) is 0 Å². The second kappa shape index (κ2) is 10.1. The van der Waals surface area contributed by atoms with Crippen molar-refractivity contribution in [2.45, 2.75) is 59.8 Å². The first kappa shape index (κ1) is 23.9. The first-order valence-corrected chi connectivity index (χ1v) is 10.1. The Morgan fingerprint density at radius 1 is 1.00 bits per heavy atom. The number of nitrogens with one attached hydrogen (secondary N) is 2. The minimum Gasteiger partial charge on any atom is -0.449 e. The van der Waals surface area contributed by atoms with Crippen molar-refractivity contribution in [1.29, 1.82) is 0 Å². The number of carbonyl (C=O) groups is 3. The topological polar surface area (TPSA) is 93.7 Å². The highest BCUT2D eigenvalue weighted by molar-refractivity contribution is 5.97. The number of ether oxygens (including phenoxy) is 2. The Morgan fingerprint density at radius 3 is 2.23 bits per heavy atom. The normalized spacial score (nSPS) is 11.9. The number of amides is 2. The molecule has 2 rings (SSSR count). The van der Waals surface area contributed by atoms with Crippen molar-refractivity contribution in [1.82, 2.24) is 5.32 Å². The van der Waals surface area contributed by atoms with Gasteiger partial charge in [-0.05, 0) is 70.9 Å². The summed E-state index contributed by atoms with van der Waals surface area (Å²) in [6.07, 6.45) is -1.47. The molecule has 1 atom stereocenters. The van der Waals surface area contributed by atoms with Crippen molar-refractivity contribution < 1.29 is 23.9 Å². The van der Waals surface area contributed by atoms with E-state index < -0.39 is 29.7 Å². The van der Waals surface area contributed by atoms with Crippen molar-refractivity contribution in [2.75, 3.05) is 5.32 Å². The maximum Gasteiger partial charge on any atom is 0.407 e. The van der Waals surface area contributed by atoms with Crippen LogP contribution in [0.4, 0.5) is 10.5 Å². The average molecular weight is 427 g/mol. The molecular formula is C24H30N2O5. The smallest absolute Gasteiger partial charge is 0.407 e. The molecule has 7 nitrogen and oxygen atoms in total. The van der Waals surface area contributed by atoms with Crippen LogP contribution in [0.1, 0.15) is 54.7 Å². The van der Waals surface area contributed by atoms with Gasteiger partial charge in [0.1, 0.15) is 5.60 Å². The molecule has 0 saturated carbocycles. The highest BCUT2D eigenvalue weighted by Crippen LogP contribution is 2.17. The molecule has 2 amide bonds. The molecule has 0 aliphatic rings. The molecule has 0 fully saturated rings. The SMILES string of the molecule is Cc1ccc(NC(=O)C(C)OC(=O)c2ccc(CNC(=O)OC(C)(C)C)cc2)c(C)c1. The van der Waals surface area contributed by atoms with E-state index in [0.29, 0.717) is 11.3 Å². The van der Waals surface area contributed by atoms with Gasteiger partial charge in [0, 0.05) is 12.2 Å². The fourth-order valence-corrected chi connectivity index (χ4v) is 2.72. The molecule has 0 aromatic heterocycles. The first-order valence-electron chi connectivity index (χ1n) is 10.1. The minimum atomic E-state index is -0.957. The van der Waals surface area contributed by atoms with E-state index in [1.807, 2.05) is 32.0 Å². The van der Waals surface area contributed by atoms with Crippen molar-refractivity contribution >= 4 is 23.7 Å². The van der Waals surface area contributed by atoms with Crippen LogP contribution in [0.5, 0.6) is 0 Å². The Kier molecular flexibility index (Phi) is 7.80. The number of hydrogen-bond donors (Lipinski definition) is 2.